The standard InChI is InChI=1S/C31H40F3N5O4/c32-31(33,34)26-7-5-24(6-8-26)20-36-13-10-30(11-14-36)22-39(29(42)43-30)21-25-3-1-23(2-4-25)19-28(41)38-17-15-37(16-18-38)27(40)9-12-35/h5-8,23,25H,1-4,9-11,13-22H2. The Morgan fingerprint density at radius 1 is 0.907 bits per heavy atom. The first-order valence-corrected chi connectivity index (χ1v) is 15.3. The number of piperidine rings is 1. The molecule has 0 aromatic heterocycles. The number of likely N-dealkylation sites (tertiary alicyclic amines) is 1. The molecular formula is C31H40F3N5O4. The van der Waals surface area contributed by atoms with E-state index in [0.29, 0.717) is 90.0 Å². The molecule has 0 atom stereocenters. The summed E-state index contributed by atoms with van der Waals surface area (Å²) in [5, 5.41) is 8.72. The number of nitriles is 1. The first-order valence-electron chi connectivity index (χ1n) is 15.3. The Labute approximate surface area is 250 Å². The van der Waals surface area contributed by atoms with Gasteiger partial charge in [-0.2, -0.15) is 18.4 Å². The van der Waals surface area contributed by atoms with Crippen LogP contribution in [-0.2, 0) is 27.0 Å². The van der Waals surface area contributed by atoms with Gasteiger partial charge in [-0.3, -0.25) is 14.5 Å². The summed E-state index contributed by atoms with van der Waals surface area (Å²) in [7, 11) is 0. The molecule has 5 rings (SSSR count). The zero-order chi connectivity index (χ0) is 30.6. The van der Waals surface area contributed by atoms with Crippen molar-refractivity contribution < 1.29 is 32.3 Å². The molecule has 4 fully saturated rings. The van der Waals surface area contributed by atoms with Gasteiger partial charge in [0, 0.05) is 71.6 Å². The van der Waals surface area contributed by atoms with E-state index < -0.39 is 17.3 Å². The fraction of sp³-hybridized carbons (Fsp3) is 0.677. The van der Waals surface area contributed by atoms with E-state index in [2.05, 4.69) is 4.90 Å². The van der Waals surface area contributed by atoms with Crippen molar-refractivity contribution in [1.29, 1.82) is 5.26 Å². The van der Waals surface area contributed by atoms with E-state index in [1.165, 1.54) is 12.1 Å². The van der Waals surface area contributed by atoms with Crippen LogP contribution in [0.3, 0.4) is 0 Å². The number of carbonyl (C=O) groups excluding carboxylic acids is 3. The number of hydrogen-bond donors (Lipinski definition) is 0. The van der Waals surface area contributed by atoms with E-state index in [-0.39, 0.29) is 24.3 Å². The van der Waals surface area contributed by atoms with E-state index >= 15 is 0 Å². The number of rotatable bonds is 7. The maximum atomic E-state index is 12.9. The lowest BCUT2D eigenvalue weighted by molar-refractivity contribution is -0.139. The quantitative estimate of drug-likeness (QED) is 0.462. The van der Waals surface area contributed by atoms with Gasteiger partial charge in [0.05, 0.1) is 18.2 Å². The summed E-state index contributed by atoms with van der Waals surface area (Å²) in [5.74, 6) is 0.657. The summed E-state index contributed by atoms with van der Waals surface area (Å²) in [6.45, 7) is 5.20. The zero-order valence-corrected chi connectivity index (χ0v) is 24.5. The molecule has 0 N–H and O–H groups in total. The number of piperazine rings is 1. The largest absolute Gasteiger partial charge is 0.441 e. The van der Waals surface area contributed by atoms with E-state index in [1.807, 2.05) is 15.9 Å². The lowest BCUT2D eigenvalue weighted by atomic mass is 9.80. The van der Waals surface area contributed by atoms with Crippen LogP contribution in [0.25, 0.3) is 0 Å². The van der Waals surface area contributed by atoms with Gasteiger partial charge in [-0.1, -0.05) is 12.1 Å². The summed E-state index contributed by atoms with van der Waals surface area (Å²) < 4.78 is 44.5. The molecule has 3 amide bonds. The first kappa shape index (κ1) is 31.1. The first-order chi connectivity index (χ1) is 20.5. The highest BCUT2D eigenvalue weighted by Gasteiger charge is 2.47. The maximum absolute atomic E-state index is 12.9. The third-order valence-corrected chi connectivity index (χ3v) is 9.62. The van der Waals surface area contributed by atoms with Crippen molar-refractivity contribution in [2.45, 2.75) is 69.7 Å². The molecule has 1 saturated carbocycles. The van der Waals surface area contributed by atoms with Crippen LogP contribution in [0.4, 0.5) is 18.0 Å². The fourth-order valence-corrected chi connectivity index (χ4v) is 6.96. The van der Waals surface area contributed by atoms with Gasteiger partial charge in [-0.05, 0) is 55.2 Å². The number of nitrogens with zero attached hydrogens (tertiary/aromatic N) is 5. The minimum Gasteiger partial charge on any atom is -0.441 e. The average Bonchev–Trinajstić information content (AvgIpc) is 3.29. The third-order valence-electron chi connectivity index (χ3n) is 9.62. The van der Waals surface area contributed by atoms with Crippen molar-refractivity contribution in [3.8, 4) is 6.07 Å². The maximum Gasteiger partial charge on any atom is 0.416 e. The minimum absolute atomic E-state index is 0.124. The Kier molecular flexibility index (Phi) is 9.49. The Balaban J connectivity index is 1.01. The summed E-state index contributed by atoms with van der Waals surface area (Å²) in [6, 6.07) is 7.18. The second kappa shape index (κ2) is 13.1. The average molecular weight is 604 g/mol. The number of hydrogen-bond acceptors (Lipinski definition) is 6. The van der Waals surface area contributed by atoms with Crippen LogP contribution in [-0.4, -0.2) is 95.5 Å². The third kappa shape index (κ3) is 7.80. The van der Waals surface area contributed by atoms with Crippen LogP contribution in [0, 0.1) is 23.2 Å². The SMILES string of the molecule is N#CCC(=O)N1CCN(C(=O)CC2CCC(CN3CC4(CCN(Cc5ccc(C(F)(F)F)cc5)CC4)OC3=O)CC2)CC1. The Morgan fingerprint density at radius 3 is 2.07 bits per heavy atom. The van der Waals surface area contributed by atoms with Gasteiger partial charge >= 0.3 is 12.3 Å². The van der Waals surface area contributed by atoms with Gasteiger partial charge in [0.25, 0.3) is 0 Å². The second-order valence-electron chi connectivity index (χ2n) is 12.6. The van der Waals surface area contributed by atoms with Crippen molar-refractivity contribution in [1.82, 2.24) is 19.6 Å². The molecule has 0 radical (unpaired) electrons. The molecule has 4 aliphatic rings. The van der Waals surface area contributed by atoms with E-state index in [4.69, 9.17) is 10.00 Å². The van der Waals surface area contributed by atoms with Crippen LogP contribution >= 0.6 is 0 Å². The van der Waals surface area contributed by atoms with Crippen LogP contribution in [0.15, 0.2) is 24.3 Å². The normalized spacial score (nSPS) is 24.6. The van der Waals surface area contributed by atoms with Crippen LogP contribution in [0.2, 0.25) is 0 Å². The van der Waals surface area contributed by atoms with Crippen molar-refractivity contribution in [3.05, 3.63) is 35.4 Å². The number of halogens is 3. The number of benzene rings is 1. The van der Waals surface area contributed by atoms with E-state index in [1.54, 1.807) is 4.90 Å². The number of ether oxygens (including phenoxy) is 1. The highest BCUT2D eigenvalue weighted by Crippen LogP contribution is 2.37. The number of alkyl halides is 3. The summed E-state index contributed by atoms with van der Waals surface area (Å²) in [5.41, 5.74) is -0.315. The molecule has 1 aromatic carbocycles. The summed E-state index contributed by atoms with van der Waals surface area (Å²) in [6.07, 6.45) is 1.01. The molecule has 43 heavy (non-hydrogen) atoms. The molecule has 0 bridgehead atoms. The number of amides is 3. The lowest BCUT2D eigenvalue weighted by Crippen LogP contribution is -2.50. The molecule has 1 aromatic rings. The second-order valence-corrected chi connectivity index (χ2v) is 12.6. The molecule has 3 aliphatic heterocycles. The van der Waals surface area contributed by atoms with Gasteiger partial charge in [0.2, 0.25) is 11.8 Å². The zero-order valence-electron chi connectivity index (χ0n) is 24.5. The molecule has 0 unspecified atom stereocenters. The van der Waals surface area contributed by atoms with Gasteiger partial charge in [-0.15, -0.1) is 0 Å². The van der Waals surface area contributed by atoms with Crippen molar-refractivity contribution in [2.75, 3.05) is 52.4 Å². The molecule has 1 spiro atoms. The molecule has 234 valence electrons. The van der Waals surface area contributed by atoms with E-state index in [9.17, 15) is 27.6 Å². The number of carbonyl (C=O) groups is 3. The van der Waals surface area contributed by atoms with Crippen molar-refractivity contribution in [2.24, 2.45) is 11.8 Å². The molecule has 3 heterocycles. The molecule has 1 aliphatic carbocycles. The highest BCUT2D eigenvalue weighted by molar-refractivity contribution is 5.79. The van der Waals surface area contributed by atoms with Gasteiger partial charge < -0.3 is 19.4 Å². The monoisotopic (exact) mass is 603 g/mol. The van der Waals surface area contributed by atoms with Crippen LogP contribution < -0.4 is 0 Å². The molecule has 12 heteroatoms. The van der Waals surface area contributed by atoms with Gasteiger partial charge in [0.1, 0.15) is 12.0 Å². The van der Waals surface area contributed by atoms with E-state index in [0.717, 1.165) is 43.4 Å². The van der Waals surface area contributed by atoms with Gasteiger partial charge in [-0.25, -0.2) is 4.79 Å². The molecule has 9 nitrogen and oxygen atoms in total. The topological polar surface area (TPSA) is 97.2 Å². The lowest BCUT2D eigenvalue weighted by Gasteiger charge is -2.37. The Bertz CT molecular complexity index is 1190. The highest BCUT2D eigenvalue weighted by atomic mass is 19.4. The fourth-order valence-electron chi connectivity index (χ4n) is 6.96. The summed E-state index contributed by atoms with van der Waals surface area (Å²) >= 11 is 0. The van der Waals surface area contributed by atoms with Crippen molar-refractivity contribution >= 4 is 17.9 Å². The molecular weight excluding hydrogens is 563 g/mol. The smallest absolute Gasteiger partial charge is 0.416 e. The predicted octanol–water partition coefficient (Wildman–Crippen LogP) is 4.27. The molecule has 3 saturated heterocycles. The van der Waals surface area contributed by atoms with Crippen LogP contribution in [0.1, 0.15) is 62.5 Å². The minimum atomic E-state index is -4.34. The summed E-state index contributed by atoms with van der Waals surface area (Å²) in [4.78, 5) is 45.1. The van der Waals surface area contributed by atoms with Crippen molar-refractivity contribution in [3.63, 3.8) is 0 Å². The Hall–Kier alpha value is -3.33. The van der Waals surface area contributed by atoms with Gasteiger partial charge in [0.15, 0.2) is 0 Å². The predicted molar refractivity (Wildman–Crippen MR) is 150 cm³/mol. The van der Waals surface area contributed by atoms with Crippen LogP contribution in [0.5, 0.6) is 0 Å². The Morgan fingerprint density at radius 2 is 1.49 bits per heavy atom.